The highest BCUT2D eigenvalue weighted by atomic mass is 16.4. The number of amides is 1. The molecule has 30 heavy (non-hydrogen) atoms. The molecule has 4 aromatic carbocycles. The zero-order chi connectivity index (χ0) is 20.9. The van der Waals surface area contributed by atoms with Crippen molar-refractivity contribution in [3.8, 4) is 0 Å². The minimum Gasteiger partial charge on any atom is -0.480 e. The third kappa shape index (κ3) is 4.08. The molecule has 0 aliphatic rings. The van der Waals surface area contributed by atoms with Gasteiger partial charge >= 0.3 is 5.97 Å². The van der Waals surface area contributed by atoms with Crippen LogP contribution in [0.2, 0.25) is 0 Å². The quantitative estimate of drug-likeness (QED) is 0.437. The minimum absolute atomic E-state index is 0.193. The Morgan fingerprint density at radius 1 is 0.833 bits per heavy atom. The number of nitrogens with one attached hydrogen (secondary N) is 1. The molecule has 0 unspecified atom stereocenters. The lowest BCUT2D eigenvalue weighted by atomic mass is 9.96. The maximum absolute atomic E-state index is 13.2. The molecule has 0 saturated heterocycles. The predicted molar refractivity (Wildman–Crippen MR) is 120 cm³/mol. The number of carboxylic acid groups (broad SMARTS) is 1. The summed E-state index contributed by atoms with van der Waals surface area (Å²) in [5, 5.41) is 15.8. The van der Waals surface area contributed by atoms with Crippen LogP contribution in [-0.4, -0.2) is 23.0 Å². The van der Waals surface area contributed by atoms with Crippen molar-refractivity contribution in [3.05, 3.63) is 102 Å². The van der Waals surface area contributed by atoms with E-state index in [4.69, 9.17) is 0 Å². The number of carbonyl (C=O) groups excluding carboxylic acids is 1. The van der Waals surface area contributed by atoms with Crippen LogP contribution in [0.15, 0.2) is 91.0 Å². The van der Waals surface area contributed by atoms with Crippen LogP contribution >= 0.6 is 0 Å². The van der Waals surface area contributed by atoms with E-state index in [2.05, 4.69) is 5.32 Å². The van der Waals surface area contributed by atoms with Gasteiger partial charge in [-0.15, -0.1) is 0 Å². The second-order valence-electron chi connectivity index (χ2n) is 7.11. The van der Waals surface area contributed by atoms with Crippen LogP contribution < -0.4 is 5.32 Å². The molecule has 4 nitrogen and oxygen atoms in total. The second-order valence-corrected chi connectivity index (χ2v) is 7.11. The first-order valence-electron chi connectivity index (χ1n) is 9.79. The summed E-state index contributed by atoms with van der Waals surface area (Å²) < 4.78 is 0. The third-order valence-corrected chi connectivity index (χ3v) is 5.08. The fourth-order valence-corrected chi connectivity index (χ4v) is 3.61. The van der Waals surface area contributed by atoms with Crippen LogP contribution in [0.25, 0.3) is 27.6 Å². The highest BCUT2D eigenvalue weighted by molar-refractivity contribution is 6.18. The van der Waals surface area contributed by atoms with Gasteiger partial charge in [0.2, 0.25) is 0 Å². The fourth-order valence-electron chi connectivity index (χ4n) is 3.61. The molecule has 1 atom stereocenters. The van der Waals surface area contributed by atoms with Gasteiger partial charge in [0.25, 0.3) is 5.91 Å². The molecular weight excluding hydrogens is 374 g/mol. The number of rotatable bonds is 6. The molecule has 0 radical (unpaired) electrons. The number of hydrogen-bond donors (Lipinski definition) is 2. The molecule has 1 amide bonds. The Morgan fingerprint density at radius 3 is 2.00 bits per heavy atom. The van der Waals surface area contributed by atoms with E-state index in [1.807, 2.05) is 91.0 Å². The Kier molecular flexibility index (Phi) is 5.57. The molecule has 4 heteroatoms. The lowest BCUT2D eigenvalue weighted by Gasteiger charge is -2.16. The molecule has 0 heterocycles. The number of aliphatic carboxylic acids is 1. The van der Waals surface area contributed by atoms with Crippen LogP contribution in [0.3, 0.4) is 0 Å². The first kappa shape index (κ1) is 19.4. The lowest BCUT2D eigenvalue weighted by molar-refractivity contribution is -0.139. The first-order chi connectivity index (χ1) is 14.6. The van der Waals surface area contributed by atoms with Crippen molar-refractivity contribution < 1.29 is 14.7 Å². The molecule has 0 spiro atoms. The van der Waals surface area contributed by atoms with Gasteiger partial charge in [-0.2, -0.15) is 0 Å². The Labute approximate surface area is 174 Å². The van der Waals surface area contributed by atoms with E-state index in [1.54, 1.807) is 6.08 Å². The summed E-state index contributed by atoms with van der Waals surface area (Å²) in [5.41, 5.74) is 1.48. The standard InChI is InChI=1S/C26H21NO3/c28-25(27-23(26(29)30)16-8-11-18-9-2-1-3-10-18)24-21-14-6-4-12-19(21)17-20-13-5-7-15-22(20)24/h1-15,17,23H,16H2,(H,27,28)(H,29,30)/b11-8+/t23-/m0/s1. The van der Waals surface area contributed by atoms with E-state index in [-0.39, 0.29) is 12.3 Å². The van der Waals surface area contributed by atoms with Crippen molar-refractivity contribution in [3.63, 3.8) is 0 Å². The summed E-state index contributed by atoms with van der Waals surface area (Å²) in [7, 11) is 0. The molecule has 0 fully saturated rings. The van der Waals surface area contributed by atoms with Crippen molar-refractivity contribution >= 4 is 39.5 Å². The second kappa shape index (κ2) is 8.62. The first-order valence-corrected chi connectivity index (χ1v) is 9.79. The normalized spacial score (nSPS) is 12.3. The molecule has 0 aliphatic carbocycles. The molecule has 0 aromatic heterocycles. The largest absolute Gasteiger partial charge is 0.480 e. The highest BCUT2D eigenvalue weighted by Gasteiger charge is 2.22. The number of hydrogen-bond acceptors (Lipinski definition) is 2. The summed E-state index contributed by atoms with van der Waals surface area (Å²) in [5.74, 6) is -1.45. The van der Waals surface area contributed by atoms with Gasteiger partial charge in [0, 0.05) is 0 Å². The summed E-state index contributed by atoms with van der Waals surface area (Å²) in [6.45, 7) is 0. The van der Waals surface area contributed by atoms with Gasteiger partial charge in [-0.05, 0) is 39.6 Å². The highest BCUT2D eigenvalue weighted by Crippen LogP contribution is 2.28. The number of carboxylic acids is 1. The molecule has 2 N–H and O–H groups in total. The Bertz CT molecular complexity index is 1190. The van der Waals surface area contributed by atoms with Gasteiger partial charge in [-0.1, -0.05) is 91.0 Å². The van der Waals surface area contributed by atoms with Gasteiger partial charge in [-0.25, -0.2) is 4.79 Å². The zero-order valence-electron chi connectivity index (χ0n) is 16.3. The molecule has 4 aromatic rings. The van der Waals surface area contributed by atoms with Crippen molar-refractivity contribution in [1.82, 2.24) is 5.32 Å². The topological polar surface area (TPSA) is 66.4 Å². The van der Waals surface area contributed by atoms with Crippen molar-refractivity contribution in [2.24, 2.45) is 0 Å². The van der Waals surface area contributed by atoms with E-state index in [0.29, 0.717) is 5.56 Å². The molecule has 4 rings (SSSR count). The Balaban J connectivity index is 1.65. The van der Waals surface area contributed by atoms with E-state index in [0.717, 1.165) is 27.1 Å². The maximum Gasteiger partial charge on any atom is 0.326 e. The summed E-state index contributed by atoms with van der Waals surface area (Å²) in [6.07, 6.45) is 3.82. The van der Waals surface area contributed by atoms with Gasteiger partial charge in [-0.3, -0.25) is 4.79 Å². The van der Waals surface area contributed by atoms with Crippen molar-refractivity contribution in [2.45, 2.75) is 12.5 Å². The van der Waals surface area contributed by atoms with Crippen LogP contribution in [0.5, 0.6) is 0 Å². The van der Waals surface area contributed by atoms with Crippen LogP contribution in [0.1, 0.15) is 22.3 Å². The number of fused-ring (bicyclic) bond motifs is 2. The monoisotopic (exact) mass is 395 g/mol. The van der Waals surface area contributed by atoms with E-state index < -0.39 is 12.0 Å². The smallest absolute Gasteiger partial charge is 0.326 e. The van der Waals surface area contributed by atoms with Crippen LogP contribution in [-0.2, 0) is 4.79 Å². The third-order valence-electron chi connectivity index (χ3n) is 5.08. The van der Waals surface area contributed by atoms with Crippen LogP contribution in [0.4, 0.5) is 0 Å². The average Bonchev–Trinajstić information content (AvgIpc) is 2.77. The van der Waals surface area contributed by atoms with Gasteiger partial charge in [0.05, 0.1) is 5.56 Å². The van der Waals surface area contributed by atoms with E-state index in [1.165, 1.54) is 0 Å². The lowest BCUT2D eigenvalue weighted by Crippen LogP contribution is -2.40. The predicted octanol–water partition coefficient (Wildman–Crippen LogP) is 5.28. The molecule has 148 valence electrons. The molecule has 0 aliphatic heterocycles. The van der Waals surface area contributed by atoms with E-state index >= 15 is 0 Å². The molecular formula is C26H21NO3. The molecule has 0 bridgehead atoms. The average molecular weight is 395 g/mol. The summed E-state index contributed by atoms with van der Waals surface area (Å²) >= 11 is 0. The van der Waals surface area contributed by atoms with Gasteiger partial charge < -0.3 is 10.4 Å². The number of benzene rings is 4. The summed E-state index contributed by atoms with van der Waals surface area (Å²) in [6, 6.07) is 26.0. The van der Waals surface area contributed by atoms with Crippen molar-refractivity contribution in [1.29, 1.82) is 0 Å². The molecule has 0 saturated carbocycles. The SMILES string of the molecule is O=C(N[C@@H](C/C=C/c1ccccc1)C(=O)O)c1c2ccccc2cc2ccccc12. The fraction of sp³-hybridized carbons (Fsp3) is 0.0769. The maximum atomic E-state index is 13.2. The Morgan fingerprint density at radius 2 is 1.40 bits per heavy atom. The van der Waals surface area contributed by atoms with Gasteiger partial charge in [0.15, 0.2) is 0 Å². The number of carbonyl (C=O) groups is 2. The Hall–Kier alpha value is -3.92. The minimum atomic E-state index is -1.06. The van der Waals surface area contributed by atoms with E-state index in [9.17, 15) is 14.7 Å². The summed E-state index contributed by atoms with van der Waals surface area (Å²) in [4.78, 5) is 25.0. The van der Waals surface area contributed by atoms with Crippen molar-refractivity contribution in [2.75, 3.05) is 0 Å². The van der Waals surface area contributed by atoms with Gasteiger partial charge in [0.1, 0.15) is 6.04 Å². The zero-order valence-corrected chi connectivity index (χ0v) is 16.3. The van der Waals surface area contributed by atoms with Crippen LogP contribution in [0, 0.1) is 0 Å².